The van der Waals surface area contributed by atoms with Crippen molar-refractivity contribution in [3.8, 4) is 0 Å². The van der Waals surface area contributed by atoms with E-state index in [1.165, 1.54) is 84.9 Å². The van der Waals surface area contributed by atoms with Gasteiger partial charge in [0.25, 0.3) is 0 Å². The minimum atomic E-state index is -2.12. The first-order valence-electron chi connectivity index (χ1n) is 24.9. The van der Waals surface area contributed by atoms with E-state index in [0.29, 0.717) is 0 Å². The summed E-state index contributed by atoms with van der Waals surface area (Å²) in [5, 5.41) is 11.9. The zero-order valence-electron chi connectivity index (χ0n) is 41.8. The number of rotatable bonds is 18. The Labute approximate surface area is 452 Å². The average molecular weight is 1070 g/mol. The van der Waals surface area contributed by atoms with E-state index in [2.05, 4.69) is 0 Å². The van der Waals surface area contributed by atoms with Crippen LogP contribution in [0.2, 0.25) is 0 Å². The molecule has 2 saturated heterocycles. The van der Waals surface area contributed by atoms with Crippen molar-refractivity contribution >= 4 is 41.8 Å². The number of ether oxygens (including phenoxy) is 10. The Bertz CT molecular complexity index is 3170. The van der Waals surface area contributed by atoms with E-state index in [1.807, 2.05) is 0 Å². The van der Waals surface area contributed by atoms with Gasteiger partial charge in [0.2, 0.25) is 0 Å². The van der Waals surface area contributed by atoms with E-state index in [1.54, 1.807) is 127 Å². The lowest BCUT2D eigenvalue weighted by Gasteiger charge is -2.46. The molecule has 7 aromatic rings. The van der Waals surface area contributed by atoms with Crippen molar-refractivity contribution in [2.45, 2.75) is 61.4 Å². The van der Waals surface area contributed by atoms with Crippen LogP contribution in [0.5, 0.6) is 0 Å². The standard InChI is InChI=1S/C61H50O18/c62-53(38-22-8-1-9-23-38)70-36-46-48(75-55(64)40-26-12-3-13-27-40)50(77-57(66)42-30-16-5-17-31-42)52(79-59(68)44-34-20-7-21-35-44)61(73-46)71-37-45-47(74-54(63)39-24-10-2-11-25-39)49(76-56(65)41-28-14-4-15-29-41)51(60(69)72-45)78-58(67)43-32-18-6-19-33-43/h1-35,45-52,60-61,69H,36-37H2/t45-,46-,47-,48+,49+,50+,51-,52-,60+,61+/m1/s1. The summed E-state index contributed by atoms with van der Waals surface area (Å²) in [6.45, 7) is -1.50. The van der Waals surface area contributed by atoms with Crippen LogP contribution in [-0.4, -0.2) is 122 Å². The predicted octanol–water partition coefficient (Wildman–Crippen LogP) is 7.66. The molecule has 0 aliphatic carbocycles. The van der Waals surface area contributed by atoms with Gasteiger partial charge in [-0.25, -0.2) is 33.6 Å². The molecule has 0 amide bonds. The molecular weight excluding hydrogens is 1020 g/mol. The van der Waals surface area contributed by atoms with E-state index >= 15 is 0 Å². The molecule has 402 valence electrons. The highest BCUT2D eigenvalue weighted by atomic mass is 16.7. The number of aliphatic hydroxyl groups is 1. The number of benzene rings is 7. The maximum absolute atomic E-state index is 14.3. The molecule has 0 spiro atoms. The number of esters is 7. The van der Waals surface area contributed by atoms with Gasteiger partial charge in [0, 0.05) is 0 Å². The van der Waals surface area contributed by atoms with Gasteiger partial charge >= 0.3 is 41.8 Å². The Morgan fingerprint density at radius 3 is 0.886 bits per heavy atom. The number of aliphatic hydroxyl groups excluding tert-OH is 1. The van der Waals surface area contributed by atoms with Gasteiger partial charge in [-0.2, -0.15) is 0 Å². The van der Waals surface area contributed by atoms with Crippen molar-refractivity contribution in [3.05, 3.63) is 251 Å². The fourth-order valence-corrected chi connectivity index (χ4v) is 8.58. The monoisotopic (exact) mass is 1070 g/mol. The smallest absolute Gasteiger partial charge is 0.338 e. The lowest BCUT2D eigenvalue weighted by atomic mass is 9.96. The summed E-state index contributed by atoms with van der Waals surface area (Å²) in [7, 11) is 0. The molecule has 0 aromatic heterocycles. The summed E-state index contributed by atoms with van der Waals surface area (Å²) >= 11 is 0. The summed E-state index contributed by atoms with van der Waals surface area (Å²) in [5.41, 5.74) is 0.388. The van der Waals surface area contributed by atoms with Gasteiger partial charge in [-0.05, 0) is 84.9 Å². The maximum Gasteiger partial charge on any atom is 0.338 e. The third-order valence-electron chi connectivity index (χ3n) is 12.5. The molecule has 9 rings (SSSR count). The third-order valence-corrected chi connectivity index (χ3v) is 12.5. The number of hydrogen-bond acceptors (Lipinski definition) is 18. The van der Waals surface area contributed by atoms with Gasteiger partial charge in [0.1, 0.15) is 18.8 Å². The van der Waals surface area contributed by atoms with E-state index < -0.39 is 116 Å². The molecule has 2 aliphatic rings. The molecule has 2 heterocycles. The van der Waals surface area contributed by atoms with Gasteiger partial charge < -0.3 is 52.5 Å². The molecule has 10 atom stereocenters. The quantitative estimate of drug-likeness (QED) is 0.0642. The van der Waals surface area contributed by atoms with Crippen molar-refractivity contribution in [3.63, 3.8) is 0 Å². The second-order valence-electron chi connectivity index (χ2n) is 17.8. The van der Waals surface area contributed by atoms with Gasteiger partial charge in [-0.15, -0.1) is 0 Å². The van der Waals surface area contributed by atoms with Crippen LogP contribution in [0.4, 0.5) is 0 Å². The lowest BCUT2D eigenvalue weighted by molar-refractivity contribution is -0.323. The molecule has 0 saturated carbocycles. The Hall–Kier alpha value is -9.33. The first-order valence-corrected chi connectivity index (χ1v) is 24.9. The van der Waals surface area contributed by atoms with Crippen molar-refractivity contribution in [2.75, 3.05) is 13.2 Å². The molecule has 0 radical (unpaired) electrons. The fraction of sp³-hybridized carbons (Fsp3) is 0.197. The SMILES string of the molecule is O=C(OC[C@H]1O[C@H](OC[C@H]2O[C@H](O)[C@H](OC(=O)c3ccccc3)[C@@H](OC(=O)c3ccccc3)[C@@H]2OC(=O)c2ccccc2)[C@H](OC(=O)c2ccccc2)[C@@H](OC(=O)c2ccccc2)[C@H]1OC(=O)c1ccccc1)c1ccccc1. The third kappa shape index (κ3) is 13.8. The normalized spacial score (nSPS) is 22.4. The number of carbonyl (C=O) groups is 7. The van der Waals surface area contributed by atoms with Gasteiger partial charge in [0.05, 0.1) is 45.6 Å². The summed E-state index contributed by atoms with van der Waals surface area (Å²) in [6.07, 6.45) is -18.2. The zero-order valence-corrected chi connectivity index (χ0v) is 41.8. The fourth-order valence-electron chi connectivity index (χ4n) is 8.58. The van der Waals surface area contributed by atoms with E-state index in [9.17, 15) is 38.7 Å². The molecule has 18 heteroatoms. The van der Waals surface area contributed by atoms with E-state index in [0.717, 1.165) is 0 Å². The van der Waals surface area contributed by atoms with Crippen LogP contribution in [0.15, 0.2) is 212 Å². The molecule has 1 N–H and O–H groups in total. The Morgan fingerprint density at radius 1 is 0.304 bits per heavy atom. The van der Waals surface area contributed by atoms with Crippen LogP contribution in [0.1, 0.15) is 72.5 Å². The second-order valence-corrected chi connectivity index (χ2v) is 17.8. The summed E-state index contributed by atoms with van der Waals surface area (Å²) in [6, 6.07) is 54.3. The topological polar surface area (TPSA) is 232 Å². The first kappa shape index (κ1) is 54.5. The molecule has 2 aliphatic heterocycles. The summed E-state index contributed by atoms with van der Waals surface area (Å²) < 4.78 is 61.4. The Kier molecular flexibility index (Phi) is 18.0. The summed E-state index contributed by atoms with van der Waals surface area (Å²) in [4.78, 5) is 98.0. The largest absolute Gasteiger partial charge is 0.459 e. The molecule has 0 bridgehead atoms. The minimum absolute atomic E-state index is 0.0249. The van der Waals surface area contributed by atoms with Gasteiger partial charge in [-0.3, -0.25) is 0 Å². The average Bonchev–Trinajstić information content (AvgIpc) is 3.59. The Balaban J connectivity index is 1.12. The number of carbonyl (C=O) groups excluding carboxylic acids is 7. The number of hydrogen-bond donors (Lipinski definition) is 1. The minimum Gasteiger partial charge on any atom is -0.459 e. The van der Waals surface area contributed by atoms with Crippen LogP contribution in [0.25, 0.3) is 0 Å². The van der Waals surface area contributed by atoms with E-state index in [-0.39, 0.29) is 38.9 Å². The highest BCUT2D eigenvalue weighted by molar-refractivity contribution is 5.93. The van der Waals surface area contributed by atoms with Gasteiger partial charge in [0.15, 0.2) is 49.2 Å². The summed E-state index contributed by atoms with van der Waals surface area (Å²) in [5.74, 6) is -6.63. The molecule has 0 unspecified atom stereocenters. The van der Waals surface area contributed by atoms with Crippen LogP contribution in [0, 0.1) is 0 Å². The van der Waals surface area contributed by atoms with Crippen LogP contribution < -0.4 is 0 Å². The highest BCUT2D eigenvalue weighted by Crippen LogP contribution is 2.35. The van der Waals surface area contributed by atoms with Crippen molar-refractivity contribution in [1.29, 1.82) is 0 Å². The van der Waals surface area contributed by atoms with Crippen LogP contribution >= 0.6 is 0 Å². The zero-order chi connectivity index (χ0) is 55.1. The van der Waals surface area contributed by atoms with Crippen molar-refractivity contribution in [2.24, 2.45) is 0 Å². The van der Waals surface area contributed by atoms with Gasteiger partial charge in [-0.1, -0.05) is 127 Å². The highest BCUT2D eigenvalue weighted by Gasteiger charge is 2.56. The Morgan fingerprint density at radius 2 is 0.557 bits per heavy atom. The molecule has 18 nitrogen and oxygen atoms in total. The first-order chi connectivity index (χ1) is 38.5. The molecule has 79 heavy (non-hydrogen) atoms. The van der Waals surface area contributed by atoms with Crippen molar-refractivity contribution in [1.82, 2.24) is 0 Å². The van der Waals surface area contributed by atoms with Crippen LogP contribution in [0.3, 0.4) is 0 Å². The van der Waals surface area contributed by atoms with Crippen molar-refractivity contribution < 1.29 is 86.0 Å². The molecular formula is C61H50O18. The predicted molar refractivity (Wildman–Crippen MR) is 276 cm³/mol. The second kappa shape index (κ2) is 26.1. The lowest BCUT2D eigenvalue weighted by Crippen LogP contribution is -2.65. The van der Waals surface area contributed by atoms with E-state index in [4.69, 9.17) is 47.4 Å². The van der Waals surface area contributed by atoms with Crippen LogP contribution in [-0.2, 0) is 47.4 Å². The molecule has 2 fully saturated rings. The molecule has 7 aromatic carbocycles. The maximum atomic E-state index is 14.3.